The predicted molar refractivity (Wildman–Crippen MR) is 115 cm³/mol. The van der Waals surface area contributed by atoms with Gasteiger partial charge >= 0.3 is 0 Å². The van der Waals surface area contributed by atoms with Crippen LogP contribution >= 0.6 is 0 Å². The van der Waals surface area contributed by atoms with E-state index in [1.807, 2.05) is 26.0 Å². The fourth-order valence-corrected chi connectivity index (χ4v) is 3.65. The first-order chi connectivity index (χ1) is 15.3. The Kier molecular flexibility index (Phi) is 4.30. The monoisotopic (exact) mass is 427 g/mol. The first kappa shape index (κ1) is 19.5. The van der Waals surface area contributed by atoms with Crippen molar-refractivity contribution in [1.29, 1.82) is 0 Å². The van der Waals surface area contributed by atoms with Crippen molar-refractivity contribution in [3.05, 3.63) is 82.1 Å². The molecule has 4 amide bonds. The second-order valence-electron chi connectivity index (χ2n) is 7.65. The van der Waals surface area contributed by atoms with E-state index in [0.29, 0.717) is 28.3 Å². The zero-order valence-electron chi connectivity index (χ0n) is 17.2. The highest BCUT2D eigenvalue weighted by Gasteiger charge is 2.35. The molecule has 0 bridgehead atoms. The van der Waals surface area contributed by atoms with Crippen molar-refractivity contribution in [2.45, 2.75) is 13.8 Å². The van der Waals surface area contributed by atoms with Crippen LogP contribution < -0.4 is 15.8 Å². The summed E-state index contributed by atoms with van der Waals surface area (Å²) >= 11 is 0. The molecule has 1 aromatic heterocycles. The third-order valence-electron chi connectivity index (χ3n) is 5.57. The maximum atomic E-state index is 12.8. The molecule has 2 aromatic carbocycles. The van der Waals surface area contributed by atoms with Crippen LogP contribution in [0.2, 0.25) is 0 Å². The molecule has 0 atom stereocenters. The molecule has 0 saturated carbocycles. The number of furan rings is 1. The fourth-order valence-electron chi connectivity index (χ4n) is 3.65. The molecule has 0 aliphatic carbocycles. The van der Waals surface area contributed by atoms with Crippen LogP contribution in [0.3, 0.4) is 0 Å². The number of carbonyl (C=O) groups excluding carboxylic acids is 4. The summed E-state index contributed by atoms with van der Waals surface area (Å²) in [5.41, 5.74) is 6.36. The van der Waals surface area contributed by atoms with E-state index in [4.69, 9.17) is 4.42 Å². The summed E-state index contributed by atoms with van der Waals surface area (Å²) in [6, 6.07) is 13.6. The minimum atomic E-state index is -0.529. The lowest BCUT2D eigenvalue weighted by molar-refractivity contribution is -0.117. The van der Waals surface area contributed by atoms with Gasteiger partial charge < -0.3 is 4.42 Å². The fraction of sp³-hybridized carbons (Fsp3) is 0.0833. The first-order valence-electron chi connectivity index (χ1n) is 9.86. The number of hydrogen-bond acceptors (Lipinski definition) is 5. The lowest BCUT2D eigenvalue weighted by atomic mass is 10.0. The highest BCUT2D eigenvalue weighted by atomic mass is 16.3. The molecule has 2 aliphatic heterocycles. The van der Waals surface area contributed by atoms with Gasteiger partial charge in [0.2, 0.25) is 0 Å². The molecule has 158 valence electrons. The Morgan fingerprint density at radius 2 is 1.59 bits per heavy atom. The molecule has 3 aromatic rings. The molecular formula is C24H17N3O5. The summed E-state index contributed by atoms with van der Waals surface area (Å²) in [7, 11) is 0. The Balaban J connectivity index is 1.43. The van der Waals surface area contributed by atoms with Crippen molar-refractivity contribution in [3.8, 4) is 11.3 Å². The van der Waals surface area contributed by atoms with E-state index in [1.54, 1.807) is 36.4 Å². The van der Waals surface area contributed by atoms with Crippen LogP contribution in [0.25, 0.3) is 17.4 Å². The van der Waals surface area contributed by atoms with Crippen molar-refractivity contribution >= 4 is 35.4 Å². The third kappa shape index (κ3) is 3.09. The van der Waals surface area contributed by atoms with Gasteiger partial charge in [0.1, 0.15) is 17.1 Å². The Hall–Kier alpha value is -4.46. The van der Waals surface area contributed by atoms with Gasteiger partial charge in [0, 0.05) is 5.56 Å². The summed E-state index contributed by atoms with van der Waals surface area (Å²) in [6.07, 6.45) is 1.38. The number of aryl methyl sites for hydroxylation is 2. The van der Waals surface area contributed by atoms with E-state index in [0.717, 1.165) is 11.1 Å². The summed E-state index contributed by atoms with van der Waals surface area (Å²) in [5.74, 6) is -1.16. The predicted octanol–water partition coefficient (Wildman–Crippen LogP) is 2.91. The molecule has 3 heterocycles. The van der Waals surface area contributed by atoms with Crippen LogP contribution in [0, 0.1) is 13.8 Å². The maximum absolute atomic E-state index is 12.8. The number of fused-ring (bicyclic) bond motifs is 1. The van der Waals surface area contributed by atoms with E-state index in [9.17, 15) is 19.2 Å². The second kappa shape index (κ2) is 7.05. The molecule has 1 fully saturated rings. The van der Waals surface area contributed by atoms with Gasteiger partial charge in [-0.3, -0.25) is 29.9 Å². The molecule has 2 N–H and O–H groups in total. The molecular weight excluding hydrogens is 410 g/mol. The minimum Gasteiger partial charge on any atom is -0.457 e. The van der Waals surface area contributed by atoms with Gasteiger partial charge in [0.15, 0.2) is 0 Å². The second-order valence-corrected chi connectivity index (χ2v) is 7.65. The van der Waals surface area contributed by atoms with Crippen LogP contribution in [0.15, 0.2) is 58.5 Å². The van der Waals surface area contributed by atoms with E-state index < -0.39 is 23.6 Å². The molecule has 8 nitrogen and oxygen atoms in total. The van der Waals surface area contributed by atoms with Gasteiger partial charge in [-0.2, -0.15) is 0 Å². The van der Waals surface area contributed by atoms with Crippen LogP contribution in [-0.2, 0) is 9.59 Å². The lowest BCUT2D eigenvalue weighted by Gasteiger charge is -2.15. The third-order valence-corrected chi connectivity index (χ3v) is 5.57. The number of nitrogens with one attached hydrogen (secondary N) is 2. The SMILES string of the molecule is Cc1ccc(N2NC(=O)/C(=C\c3ccc(-c4ccc5c(c4)C(=O)NC5=O)o3)C2=O)cc1C. The number of benzene rings is 2. The van der Waals surface area contributed by atoms with E-state index >= 15 is 0 Å². The number of amides is 4. The van der Waals surface area contributed by atoms with Gasteiger partial charge in [-0.1, -0.05) is 12.1 Å². The van der Waals surface area contributed by atoms with Gasteiger partial charge in [0.25, 0.3) is 23.6 Å². The van der Waals surface area contributed by atoms with Crippen molar-refractivity contribution in [2.75, 3.05) is 5.01 Å². The first-order valence-corrected chi connectivity index (χ1v) is 9.86. The van der Waals surface area contributed by atoms with Crippen molar-refractivity contribution in [2.24, 2.45) is 0 Å². The van der Waals surface area contributed by atoms with Gasteiger partial charge in [-0.25, -0.2) is 5.01 Å². The van der Waals surface area contributed by atoms with E-state index in [2.05, 4.69) is 10.7 Å². The zero-order valence-corrected chi connectivity index (χ0v) is 17.2. The minimum absolute atomic E-state index is 0.0527. The van der Waals surface area contributed by atoms with Crippen LogP contribution in [0.5, 0.6) is 0 Å². The summed E-state index contributed by atoms with van der Waals surface area (Å²) < 4.78 is 5.78. The van der Waals surface area contributed by atoms with Gasteiger partial charge in [0.05, 0.1) is 16.8 Å². The molecule has 2 aliphatic rings. The number of imide groups is 1. The van der Waals surface area contributed by atoms with E-state index in [-0.39, 0.29) is 11.1 Å². The van der Waals surface area contributed by atoms with Gasteiger partial charge in [-0.15, -0.1) is 0 Å². The summed E-state index contributed by atoms with van der Waals surface area (Å²) in [5, 5.41) is 3.45. The van der Waals surface area contributed by atoms with Gasteiger partial charge in [-0.05, 0) is 67.4 Å². The van der Waals surface area contributed by atoms with Crippen molar-refractivity contribution < 1.29 is 23.6 Å². The molecule has 5 rings (SSSR count). The number of rotatable bonds is 3. The van der Waals surface area contributed by atoms with Crippen LogP contribution in [-0.4, -0.2) is 23.6 Å². The number of nitrogens with zero attached hydrogens (tertiary/aromatic N) is 1. The van der Waals surface area contributed by atoms with Crippen molar-refractivity contribution in [3.63, 3.8) is 0 Å². The smallest absolute Gasteiger partial charge is 0.282 e. The van der Waals surface area contributed by atoms with Crippen LogP contribution in [0.1, 0.15) is 37.6 Å². The standard InChI is InChI=1S/C24H17N3O5/c1-12-3-5-15(9-13(12)2)27-24(31)19(23(30)26-27)11-16-6-8-20(32-16)14-4-7-17-18(10-14)22(29)25-21(17)28/h3-11H,1-2H3,(H,26,30)(H,25,28,29)/b19-11+. The molecule has 32 heavy (non-hydrogen) atoms. The average molecular weight is 427 g/mol. The van der Waals surface area contributed by atoms with E-state index in [1.165, 1.54) is 11.1 Å². The zero-order chi connectivity index (χ0) is 22.6. The Morgan fingerprint density at radius 1 is 0.812 bits per heavy atom. The van der Waals surface area contributed by atoms with Crippen molar-refractivity contribution in [1.82, 2.24) is 10.7 Å². The normalized spacial score (nSPS) is 16.6. The maximum Gasteiger partial charge on any atom is 0.282 e. The molecule has 0 spiro atoms. The highest BCUT2D eigenvalue weighted by molar-refractivity contribution is 6.31. The highest BCUT2D eigenvalue weighted by Crippen LogP contribution is 2.29. The lowest BCUT2D eigenvalue weighted by Crippen LogP contribution is -2.35. The number of hydrazine groups is 1. The number of carbonyl (C=O) groups is 4. The molecule has 0 unspecified atom stereocenters. The number of anilines is 1. The number of hydrogen-bond donors (Lipinski definition) is 2. The summed E-state index contributed by atoms with van der Waals surface area (Å²) in [4.78, 5) is 48.9. The Morgan fingerprint density at radius 3 is 2.38 bits per heavy atom. The summed E-state index contributed by atoms with van der Waals surface area (Å²) in [6.45, 7) is 3.90. The topological polar surface area (TPSA) is 109 Å². The quantitative estimate of drug-likeness (QED) is 0.380. The molecule has 1 saturated heterocycles. The van der Waals surface area contributed by atoms with Crippen LogP contribution in [0.4, 0.5) is 5.69 Å². The molecule has 0 radical (unpaired) electrons. The largest absolute Gasteiger partial charge is 0.457 e. The average Bonchev–Trinajstić information content (AvgIpc) is 3.43. The Bertz CT molecular complexity index is 1380. The molecule has 8 heteroatoms. The Labute approximate surface area is 182 Å².